The van der Waals surface area contributed by atoms with Crippen molar-refractivity contribution in [2.45, 2.75) is 6.18 Å². The first-order valence-electron chi connectivity index (χ1n) is 9.80. The quantitative estimate of drug-likeness (QED) is 0.280. The number of nitrogens with one attached hydrogen (secondary N) is 1. The second-order valence-corrected chi connectivity index (χ2v) is 8.10. The number of carbonyl (C=O) groups excluding carboxylic acids is 1. The van der Waals surface area contributed by atoms with E-state index in [0.717, 1.165) is 29.0 Å². The highest BCUT2D eigenvalue weighted by Crippen LogP contribution is 2.32. The van der Waals surface area contributed by atoms with E-state index in [1.165, 1.54) is 12.1 Å². The molecular formula is C24H15BrF3N3O3. The molecule has 0 saturated carbocycles. The molecule has 4 rings (SSSR count). The molecule has 0 saturated heterocycles. The third-order valence-corrected chi connectivity index (χ3v) is 5.47. The number of benzene rings is 3. The summed E-state index contributed by atoms with van der Waals surface area (Å²) in [6.07, 6.45) is -3.50. The van der Waals surface area contributed by atoms with Crippen LogP contribution in [0.3, 0.4) is 0 Å². The van der Waals surface area contributed by atoms with Crippen molar-refractivity contribution in [2.75, 3.05) is 0 Å². The second-order valence-electron chi connectivity index (χ2n) is 7.18. The lowest BCUT2D eigenvalue weighted by Crippen LogP contribution is -2.21. The van der Waals surface area contributed by atoms with Crippen molar-refractivity contribution in [1.82, 2.24) is 9.99 Å². The largest absolute Gasteiger partial charge is 0.494 e. The van der Waals surface area contributed by atoms with Gasteiger partial charge in [0, 0.05) is 20.8 Å². The second kappa shape index (κ2) is 9.14. The summed E-state index contributed by atoms with van der Waals surface area (Å²) >= 11 is 3.27. The number of hydrazone groups is 1. The molecule has 0 unspecified atom stereocenters. The van der Waals surface area contributed by atoms with Crippen molar-refractivity contribution in [2.24, 2.45) is 5.10 Å². The molecule has 1 amide bonds. The number of aromatic hydroxyl groups is 1. The molecule has 2 N–H and O–H groups in total. The maximum atomic E-state index is 13.2. The van der Waals surface area contributed by atoms with Gasteiger partial charge < -0.3 is 5.11 Å². The number of hydrogen-bond acceptors (Lipinski definition) is 4. The Kier molecular flexibility index (Phi) is 6.25. The third kappa shape index (κ3) is 4.58. The number of amides is 1. The number of nitrogens with zero attached hydrogens (tertiary/aromatic N) is 2. The van der Waals surface area contributed by atoms with Crippen molar-refractivity contribution in [1.29, 1.82) is 0 Å². The van der Waals surface area contributed by atoms with Gasteiger partial charge >= 0.3 is 6.18 Å². The summed E-state index contributed by atoms with van der Waals surface area (Å²) in [5.41, 5.74) is 0.856. The van der Waals surface area contributed by atoms with Crippen molar-refractivity contribution < 1.29 is 23.1 Å². The minimum Gasteiger partial charge on any atom is -0.494 e. The molecule has 1 aromatic heterocycles. The molecule has 6 nitrogen and oxygen atoms in total. The maximum Gasteiger partial charge on any atom is 0.416 e. The fraction of sp³-hybridized carbons (Fsp3) is 0.0417. The molecule has 3 aromatic carbocycles. The molecule has 10 heteroatoms. The maximum absolute atomic E-state index is 13.2. The van der Waals surface area contributed by atoms with Gasteiger partial charge in [-0.15, -0.1) is 0 Å². The molecule has 0 bridgehead atoms. The number of fused-ring (bicyclic) bond motifs is 1. The van der Waals surface area contributed by atoms with Gasteiger partial charge in [0.25, 0.3) is 11.5 Å². The van der Waals surface area contributed by atoms with E-state index in [-0.39, 0.29) is 16.6 Å². The van der Waals surface area contributed by atoms with Gasteiger partial charge in [-0.2, -0.15) is 18.3 Å². The molecule has 0 fully saturated rings. The summed E-state index contributed by atoms with van der Waals surface area (Å²) in [5.74, 6) is -1.14. The summed E-state index contributed by atoms with van der Waals surface area (Å²) in [6, 6.07) is 16.9. The Morgan fingerprint density at radius 3 is 2.41 bits per heavy atom. The average molecular weight is 530 g/mol. The molecule has 0 atom stereocenters. The first-order valence-corrected chi connectivity index (χ1v) is 10.6. The monoisotopic (exact) mass is 529 g/mol. The lowest BCUT2D eigenvalue weighted by Gasteiger charge is -2.15. The van der Waals surface area contributed by atoms with Crippen molar-refractivity contribution >= 4 is 38.8 Å². The Morgan fingerprint density at radius 1 is 1.00 bits per heavy atom. The Bertz CT molecular complexity index is 1500. The molecule has 4 aromatic rings. The zero-order valence-corrected chi connectivity index (χ0v) is 18.8. The van der Waals surface area contributed by atoms with Crippen LogP contribution in [0.2, 0.25) is 0 Å². The van der Waals surface area contributed by atoms with Gasteiger partial charge in [0.05, 0.1) is 23.0 Å². The first kappa shape index (κ1) is 23.2. The Balaban J connectivity index is 1.81. The summed E-state index contributed by atoms with van der Waals surface area (Å²) in [7, 11) is 0. The number of hydrogen-bond donors (Lipinski definition) is 2. The number of aromatic nitrogens is 1. The van der Waals surface area contributed by atoms with Crippen LogP contribution in [0.15, 0.2) is 87.2 Å². The van der Waals surface area contributed by atoms with Crippen molar-refractivity contribution in [3.8, 4) is 11.6 Å². The highest BCUT2D eigenvalue weighted by Gasteiger charge is 2.31. The number of carbonyl (C=O) groups is 1. The molecule has 1 heterocycles. The minimum atomic E-state index is -4.63. The number of pyridine rings is 1. The smallest absolute Gasteiger partial charge is 0.416 e. The molecule has 0 aliphatic rings. The van der Waals surface area contributed by atoms with Gasteiger partial charge in [-0.05, 0) is 42.5 Å². The van der Waals surface area contributed by atoms with Crippen LogP contribution < -0.4 is 11.0 Å². The molecule has 0 spiro atoms. The standard InChI is InChI=1S/C24H15BrF3N3O3/c25-16-7-3-5-14(11-16)21(32)30-29-13-20-18-9-1-2-10-19(18)22(33)31(23(20)34)17-8-4-6-15(12-17)24(26,27)28/h1-13,34H,(H,30,32)/b29-13+. The van der Waals surface area contributed by atoms with Gasteiger partial charge in [0.2, 0.25) is 5.88 Å². The van der Waals surface area contributed by atoms with Gasteiger partial charge in [-0.25, -0.2) is 9.99 Å². The third-order valence-electron chi connectivity index (χ3n) is 4.98. The van der Waals surface area contributed by atoms with Crippen LogP contribution in [0, 0.1) is 0 Å². The summed E-state index contributed by atoms with van der Waals surface area (Å²) in [6.45, 7) is 0. The predicted octanol–water partition coefficient (Wildman–Crippen LogP) is 5.24. The van der Waals surface area contributed by atoms with Crippen LogP contribution in [-0.4, -0.2) is 21.8 Å². The average Bonchev–Trinajstić information content (AvgIpc) is 2.81. The van der Waals surface area contributed by atoms with Crippen LogP contribution >= 0.6 is 15.9 Å². The van der Waals surface area contributed by atoms with E-state index in [0.29, 0.717) is 15.4 Å². The van der Waals surface area contributed by atoms with E-state index in [1.807, 2.05) is 0 Å². The number of rotatable bonds is 4. The van der Waals surface area contributed by atoms with Crippen LogP contribution in [0.5, 0.6) is 5.88 Å². The Morgan fingerprint density at radius 2 is 1.71 bits per heavy atom. The van der Waals surface area contributed by atoms with E-state index < -0.39 is 29.1 Å². The zero-order valence-electron chi connectivity index (χ0n) is 17.2. The Hall–Kier alpha value is -3.92. The lowest BCUT2D eigenvalue weighted by atomic mass is 10.1. The molecule has 0 aliphatic heterocycles. The van der Waals surface area contributed by atoms with Crippen LogP contribution in [0.25, 0.3) is 16.5 Å². The fourth-order valence-electron chi connectivity index (χ4n) is 3.40. The molecule has 172 valence electrons. The first-order chi connectivity index (χ1) is 16.2. The fourth-order valence-corrected chi connectivity index (χ4v) is 3.80. The van der Waals surface area contributed by atoms with Crippen LogP contribution in [-0.2, 0) is 6.18 Å². The summed E-state index contributed by atoms with van der Waals surface area (Å²) < 4.78 is 41.1. The minimum absolute atomic E-state index is 0.0437. The topological polar surface area (TPSA) is 83.7 Å². The van der Waals surface area contributed by atoms with Gasteiger partial charge in [-0.3, -0.25) is 9.59 Å². The van der Waals surface area contributed by atoms with E-state index in [2.05, 4.69) is 26.5 Å². The highest BCUT2D eigenvalue weighted by atomic mass is 79.9. The van der Waals surface area contributed by atoms with E-state index in [9.17, 15) is 27.9 Å². The van der Waals surface area contributed by atoms with Gasteiger partial charge in [0.1, 0.15) is 0 Å². The highest BCUT2D eigenvalue weighted by molar-refractivity contribution is 9.10. The summed E-state index contributed by atoms with van der Waals surface area (Å²) in [5, 5.41) is 15.3. The Labute approximate surface area is 199 Å². The SMILES string of the molecule is O=C(N/N=C/c1c(O)n(-c2cccc(C(F)(F)F)c2)c(=O)c2ccccc12)c1cccc(Br)c1. The lowest BCUT2D eigenvalue weighted by molar-refractivity contribution is -0.137. The van der Waals surface area contributed by atoms with Crippen LogP contribution in [0.1, 0.15) is 21.5 Å². The molecular weight excluding hydrogens is 515 g/mol. The van der Waals surface area contributed by atoms with Gasteiger partial charge in [0.15, 0.2) is 0 Å². The van der Waals surface area contributed by atoms with E-state index in [4.69, 9.17) is 0 Å². The molecule has 0 radical (unpaired) electrons. The van der Waals surface area contributed by atoms with Crippen molar-refractivity contribution in [3.63, 3.8) is 0 Å². The van der Waals surface area contributed by atoms with E-state index >= 15 is 0 Å². The van der Waals surface area contributed by atoms with Crippen LogP contribution in [0.4, 0.5) is 13.2 Å². The molecule has 34 heavy (non-hydrogen) atoms. The molecule has 0 aliphatic carbocycles. The number of halogens is 4. The normalized spacial score (nSPS) is 11.8. The zero-order chi connectivity index (χ0) is 24.5. The van der Waals surface area contributed by atoms with E-state index in [1.54, 1.807) is 42.5 Å². The summed E-state index contributed by atoms with van der Waals surface area (Å²) in [4.78, 5) is 25.4. The predicted molar refractivity (Wildman–Crippen MR) is 125 cm³/mol. The van der Waals surface area contributed by atoms with Crippen molar-refractivity contribution in [3.05, 3.63) is 104 Å². The van der Waals surface area contributed by atoms with Gasteiger partial charge in [-0.1, -0.05) is 46.3 Å². The number of alkyl halides is 3.